The molecule has 0 bridgehead atoms. The third-order valence-electron chi connectivity index (χ3n) is 2.66. The molecule has 0 fully saturated rings. The summed E-state index contributed by atoms with van der Waals surface area (Å²) in [7, 11) is 0. The number of aliphatic hydroxyl groups is 1. The Hall–Kier alpha value is -2.12. The fourth-order valence-corrected chi connectivity index (χ4v) is 1.71. The average Bonchev–Trinajstić information content (AvgIpc) is 2.87. The topological polar surface area (TPSA) is 61.8 Å². The maximum absolute atomic E-state index is 9.18. The molecule has 1 unspecified atom stereocenters. The standard InChI is InChI=1S/C13H13N3O/c1-10(9-17)16-6-5-15-13(16)12-4-2-3-11(7-12)8-14/h2-7,10,17H,9H2,1H3. The predicted molar refractivity (Wildman–Crippen MR) is 64.2 cm³/mol. The third kappa shape index (κ3) is 2.19. The van der Waals surface area contributed by atoms with Gasteiger partial charge in [-0.15, -0.1) is 0 Å². The second kappa shape index (κ2) is 4.81. The van der Waals surface area contributed by atoms with E-state index < -0.39 is 0 Å². The Kier molecular flexibility index (Phi) is 3.22. The molecule has 0 aliphatic rings. The summed E-state index contributed by atoms with van der Waals surface area (Å²) >= 11 is 0. The number of hydrogen-bond acceptors (Lipinski definition) is 3. The zero-order valence-electron chi connectivity index (χ0n) is 9.54. The van der Waals surface area contributed by atoms with Crippen LogP contribution < -0.4 is 0 Å². The van der Waals surface area contributed by atoms with Crippen LogP contribution in [0, 0.1) is 11.3 Å². The molecule has 17 heavy (non-hydrogen) atoms. The minimum Gasteiger partial charge on any atom is -0.394 e. The summed E-state index contributed by atoms with van der Waals surface area (Å²) in [5, 5.41) is 18.0. The third-order valence-corrected chi connectivity index (χ3v) is 2.66. The van der Waals surface area contributed by atoms with Gasteiger partial charge in [0.2, 0.25) is 0 Å². The van der Waals surface area contributed by atoms with Gasteiger partial charge in [0, 0.05) is 18.0 Å². The molecule has 2 rings (SSSR count). The maximum atomic E-state index is 9.18. The van der Waals surface area contributed by atoms with Crippen LogP contribution in [0.3, 0.4) is 0 Å². The summed E-state index contributed by atoms with van der Waals surface area (Å²) in [6.45, 7) is 1.97. The number of hydrogen-bond donors (Lipinski definition) is 1. The Morgan fingerprint density at radius 1 is 1.53 bits per heavy atom. The molecule has 1 N–H and O–H groups in total. The first kappa shape index (κ1) is 11.4. The summed E-state index contributed by atoms with van der Waals surface area (Å²) in [6.07, 6.45) is 3.52. The van der Waals surface area contributed by atoms with Crippen molar-refractivity contribution in [3.63, 3.8) is 0 Å². The minimum absolute atomic E-state index is 0.0294. The van der Waals surface area contributed by atoms with Gasteiger partial charge < -0.3 is 9.67 Å². The van der Waals surface area contributed by atoms with E-state index in [0.29, 0.717) is 5.56 Å². The molecular weight excluding hydrogens is 214 g/mol. The SMILES string of the molecule is CC(CO)n1ccnc1-c1cccc(C#N)c1. The molecular formula is C13H13N3O. The Balaban J connectivity index is 2.46. The van der Waals surface area contributed by atoms with Crippen LogP contribution in [0.5, 0.6) is 0 Å². The number of aromatic nitrogens is 2. The first-order valence-corrected chi connectivity index (χ1v) is 5.40. The molecule has 0 radical (unpaired) electrons. The number of nitrogens with zero attached hydrogens (tertiary/aromatic N) is 3. The molecule has 0 saturated carbocycles. The largest absolute Gasteiger partial charge is 0.394 e. The van der Waals surface area contributed by atoms with E-state index >= 15 is 0 Å². The van der Waals surface area contributed by atoms with Crippen molar-refractivity contribution in [2.45, 2.75) is 13.0 Å². The Labute approximate surface area is 99.8 Å². The highest BCUT2D eigenvalue weighted by molar-refractivity contribution is 5.58. The van der Waals surface area contributed by atoms with Gasteiger partial charge in [-0.1, -0.05) is 12.1 Å². The lowest BCUT2D eigenvalue weighted by molar-refractivity contribution is 0.240. The van der Waals surface area contributed by atoms with E-state index in [-0.39, 0.29) is 12.6 Å². The smallest absolute Gasteiger partial charge is 0.140 e. The minimum atomic E-state index is -0.0294. The van der Waals surface area contributed by atoms with Crippen molar-refractivity contribution in [2.24, 2.45) is 0 Å². The molecule has 0 saturated heterocycles. The molecule has 0 amide bonds. The van der Waals surface area contributed by atoms with Crippen molar-refractivity contribution in [1.82, 2.24) is 9.55 Å². The second-order valence-electron chi connectivity index (χ2n) is 3.88. The van der Waals surface area contributed by atoms with Crippen LogP contribution in [0.2, 0.25) is 0 Å². The second-order valence-corrected chi connectivity index (χ2v) is 3.88. The van der Waals surface area contributed by atoms with Gasteiger partial charge in [0.05, 0.1) is 24.3 Å². The number of benzene rings is 1. The van der Waals surface area contributed by atoms with Crippen molar-refractivity contribution in [2.75, 3.05) is 6.61 Å². The Morgan fingerprint density at radius 2 is 2.35 bits per heavy atom. The highest BCUT2D eigenvalue weighted by Gasteiger charge is 2.10. The quantitative estimate of drug-likeness (QED) is 0.872. The summed E-state index contributed by atoms with van der Waals surface area (Å²) in [5.41, 5.74) is 1.49. The zero-order chi connectivity index (χ0) is 12.3. The molecule has 2 aromatic rings. The molecule has 0 spiro atoms. The van der Waals surface area contributed by atoms with Crippen LogP contribution in [0.1, 0.15) is 18.5 Å². The highest BCUT2D eigenvalue weighted by atomic mass is 16.3. The first-order valence-electron chi connectivity index (χ1n) is 5.40. The number of aliphatic hydroxyl groups excluding tert-OH is 1. The monoisotopic (exact) mass is 227 g/mol. The van der Waals surface area contributed by atoms with Gasteiger partial charge in [-0.25, -0.2) is 4.98 Å². The Morgan fingerprint density at radius 3 is 3.06 bits per heavy atom. The molecule has 1 heterocycles. The van der Waals surface area contributed by atoms with Gasteiger partial charge in [0.15, 0.2) is 0 Å². The molecule has 1 atom stereocenters. The lowest BCUT2D eigenvalue weighted by Gasteiger charge is -2.13. The van der Waals surface area contributed by atoms with E-state index in [1.165, 1.54) is 0 Å². The maximum Gasteiger partial charge on any atom is 0.140 e. The van der Waals surface area contributed by atoms with E-state index in [4.69, 9.17) is 5.26 Å². The van der Waals surface area contributed by atoms with Crippen molar-refractivity contribution < 1.29 is 5.11 Å². The van der Waals surface area contributed by atoms with Crippen LogP contribution in [-0.4, -0.2) is 21.3 Å². The normalized spacial score (nSPS) is 12.1. The Bertz CT molecular complexity index is 554. The zero-order valence-corrected chi connectivity index (χ0v) is 9.54. The first-order chi connectivity index (χ1) is 8.26. The molecule has 0 aliphatic heterocycles. The van der Waals surface area contributed by atoms with E-state index in [1.807, 2.05) is 29.8 Å². The van der Waals surface area contributed by atoms with Crippen LogP contribution >= 0.6 is 0 Å². The molecule has 4 nitrogen and oxygen atoms in total. The lowest BCUT2D eigenvalue weighted by atomic mass is 10.1. The molecule has 1 aromatic carbocycles. The molecule has 86 valence electrons. The summed E-state index contributed by atoms with van der Waals surface area (Å²) < 4.78 is 1.90. The van der Waals surface area contributed by atoms with Gasteiger partial charge in [0.25, 0.3) is 0 Å². The number of rotatable bonds is 3. The van der Waals surface area contributed by atoms with Gasteiger partial charge >= 0.3 is 0 Å². The van der Waals surface area contributed by atoms with E-state index in [0.717, 1.165) is 11.4 Å². The van der Waals surface area contributed by atoms with Gasteiger partial charge in [0.1, 0.15) is 5.82 Å². The fourth-order valence-electron chi connectivity index (χ4n) is 1.71. The van der Waals surface area contributed by atoms with Crippen LogP contribution in [0.4, 0.5) is 0 Å². The van der Waals surface area contributed by atoms with E-state index in [2.05, 4.69) is 11.1 Å². The summed E-state index contributed by atoms with van der Waals surface area (Å²) in [5.74, 6) is 0.767. The van der Waals surface area contributed by atoms with Crippen molar-refractivity contribution >= 4 is 0 Å². The van der Waals surface area contributed by atoms with E-state index in [9.17, 15) is 5.11 Å². The summed E-state index contributed by atoms with van der Waals surface area (Å²) in [6, 6.07) is 9.36. The predicted octanol–water partition coefficient (Wildman–Crippen LogP) is 1.98. The van der Waals surface area contributed by atoms with Crippen LogP contribution in [-0.2, 0) is 0 Å². The van der Waals surface area contributed by atoms with Gasteiger partial charge in [-0.3, -0.25) is 0 Å². The number of nitriles is 1. The van der Waals surface area contributed by atoms with Crippen LogP contribution in [0.25, 0.3) is 11.4 Å². The molecule has 0 aliphatic carbocycles. The molecule has 1 aromatic heterocycles. The fraction of sp³-hybridized carbons (Fsp3) is 0.231. The number of imidazole rings is 1. The highest BCUT2D eigenvalue weighted by Crippen LogP contribution is 2.21. The van der Waals surface area contributed by atoms with Crippen molar-refractivity contribution in [3.8, 4) is 17.5 Å². The lowest BCUT2D eigenvalue weighted by Crippen LogP contribution is -2.09. The van der Waals surface area contributed by atoms with E-state index in [1.54, 1.807) is 18.3 Å². The van der Waals surface area contributed by atoms with Gasteiger partial charge in [-0.05, 0) is 19.1 Å². The van der Waals surface area contributed by atoms with Crippen molar-refractivity contribution in [1.29, 1.82) is 5.26 Å². The van der Waals surface area contributed by atoms with Crippen LogP contribution in [0.15, 0.2) is 36.7 Å². The molecule has 4 heteroatoms. The average molecular weight is 227 g/mol. The summed E-state index contributed by atoms with van der Waals surface area (Å²) in [4.78, 5) is 4.27. The van der Waals surface area contributed by atoms with Crippen molar-refractivity contribution in [3.05, 3.63) is 42.2 Å². The van der Waals surface area contributed by atoms with Gasteiger partial charge in [-0.2, -0.15) is 5.26 Å².